The smallest absolute Gasteiger partial charge is 0.262 e. The van der Waals surface area contributed by atoms with Gasteiger partial charge in [0, 0.05) is 22.7 Å². The SMILES string of the molecule is C[C@@H](Oc1cc(-n2cnc3ccc([C@H]4CC[C@H](N(C)C)CC4)cc32)sc1C(N)=O)c1ccccc1Cl. The maximum Gasteiger partial charge on any atom is 0.262 e. The van der Waals surface area contributed by atoms with E-state index in [2.05, 4.69) is 42.2 Å². The number of hydrogen-bond donors (Lipinski definition) is 1. The fraction of sp³-hybridized carbons (Fsp3) is 0.357. The molecule has 5 rings (SSSR count). The van der Waals surface area contributed by atoms with Crippen molar-refractivity contribution < 1.29 is 9.53 Å². The number of aromatic nitrogens is 2. The third kappa shape index (κ3) is 4.88. The highest BCUT2D eigenvalue weighted by Gasteiger charge is 2.25. The number of ether oxygens (including phenoxy) is 1. The van der Waals surface area contributed by atoms with E-state index in [0.29, 0.717) is 27.6 Å². The summed E-state index contributed by atoms with van der Waals surface area (Å²) in [5.41, 5.74) is 9.86. The van der Waals surface area contributed by atoms with Crippen molar-refractivity contribution in [2.45, 2.75) is 50.7 Å². The fourth-order valence-electron chi connectivity index (χ4n) is 5.18. The van der Waals surface area contributed by atoms with Gasteiger partial charge in [0.1, 0.15) is 28.1 Å². The average molecular weight is 523 g/mol. The Morgan fingerprint density at radius 2 is 1.92 bits per heavy atom. The number of imidazole rings is 1. The van der Waals surface area contributed by atoms with Crippen LogP contribution in [0, 0.1) is 0 Å². The summed E-state index contributed by atoms with van der Waals surface area (Å²) in [5.74, 6) is 0.485. The van der Waals surface area contributed by atoms with E-state index in [1.54, 1.807) is 6.33 Å². The molecule has 188 valence electrons. The fourth-order valence-corrected chi connectivity index (χ4v) is 6.40. The van der Waals surface area contributed by atoms with Gasteiger partial charge in [-0.1, -0.05) is 35.9 Å². The first-order valence-corrected chi connectivity index (χ1v) is 13.5. The second-order valence-electron chi connectivity index (χ2n) is 9.76. The Labute approximate surface area is 220 Å². The van der Waals surface area contributed by atoms with Gasteiger partial charge in [0.2, 0.25) is 0 Å². The number of hydrogen-bond acceptors (Lipinski definition) is 5. The van der Waals surface area contributed by atoms with Crippen molar-refractivity contribution in [3.05, 3.63) is 75.9 Å². The Morgan fingerprint density at radius 1 is 1.17 bits per heavy atom. The second kappa shape index (κ2) is 10.2. The first-order valence-electron chi connectivity index (χ1n) is 12.3. The number of amides is 1. The third-order valence-electron chi connectivity index (χ3n) is 7.26. The molecule has 0 bridgehead atoms. The molecular formula is C28H31ClN4O2S. The van der Waals surface area contributed by atoms with Gasteiger partial charge in [-0.05, 0) is 76.4 Å². The Kier molecular flexibility index (Phi) is 7.06. The van der Waals surface area contributed by atoms with Crippen molar-refractivity contribution in [1.29, 1.82) is 0 Å². The summed E-state index contributed by atoms with van der Waals surface area (Å²) in [6.07, 6.45) is 6.26. The number of rotatable bonds is 7. The number of benzene rings is 2. The van der Waals surface area contributed by atoms with Gasteiger partial charge in [0.15, 0.2) is 0 Å². The van der Waals surface area contributed by atoms with Crippen LogP contribution in [0.3, 0.4) is 0 Å². The quantitative estimate of drug-likeness (QED) is 0.298. The highest BCUT2D eigenvalue weighted by Crippen LogP contribution is 2.39. The zero-order valence-electron chi connectivity index (χ0n) is 20.8. The molecule has 2 heterocycles. The number of thiophene rings is 1. The number of nitrogens with zero attached hydrogens (tertiary/aromatic N) is 3. The molecule has 0 radical (unpaired) electrons. The molecule has 1 saturated carbocycles. The van der Waals surface area contributed by atoms with Crippen molar-refractivity contribution in [3.8, 4) is 10.8 Å². The standard InChI is InChI=1S/C28H31ClN4O2S/c1-17(21-6-4-5-7-22(21)29)35-25-15-26(36-27(25)28(30)34)33-16-31-23-13-10-19(14-24(23)33)18-8-11-20(12-9-18)32(2)3/h4-7,10,13-18,20H,8-9,11-12H2,1-3H3,(H2,30,34)/t17-,18-,20-/m1/s1. The summed E-state index contributed by atoms with van der Waals surface area (Å²) >= 11 is 7.67. The van der Waals surface area contributed by atoms with Crippen molar-refractivity contribution in [2.24, 2.45) is 5.73 Å². The van der Waals surface area contributed by atoms with E-state index in [4.69, 9.17) is 22.1 Å². The van der Waals surface area contributed by atoms with Gasteiger partial charge < -0.3 is 15.4 Å². The number of carbonyl (C=O) groups excluding carboxylic acids is 1. The number of fused-ring (bicyclic) bond motifs is 1. The van der Waals surface area contributed by atoms with Gasteiger partial charge in [-0.3, -0.25) is 9.36 Å². The minimum absolute atomic E-state index is 0.345. The monoisotopic (exact) mass is 522 g/mol. The van der Waals surface area contributed by atoms with Crippen LogP contribution in [0.2, 0.25) is 5.02 Å². The summed E-state index contributed by atoms with van der Waals surface area (Å²) in [5, 5.41) is 1.45. The van der Waals surface area contributed by atoms with Crippen molar-refractivity contribution in [2.75, 3.05) is 14.1 Å². The van der Waals surface area contributed by atoms with Crippen LogP contribution in [0.25, 0.3) is 16.0 Å². The Hall–Kier alpha value is -2.87. The van der Waals surface area contributed by atoms with Crippen LogP contribution in [-0.4, -0.2) is 40.5 Å². The zero-order valence-corrected chi connectivity index (χ0v) is 22.4. The summed E-state index contributed by atoms with van der Waals surface area (Å²) in [4.78, 5) is 19.6. The molecule has 1 amide bonds. The molecule has 0 saturated heterocycles. The largest absolute Gasteiger partial charge is 0.484 e. The molecule has 36 heavy (non-hydrogen) atoms. The topological polar surface area (TPSA) is 73.4 Å². The third-order valence-corrected chi connectivity index (χ3v) is 8.74. The molecule has 2 aromatic heterocycles. The number of primary amides is 1. The number of nitrogens with two attached hydrogens (primary N) is 1. The number of halogens is 1. The molecule has 1 atom stereocenters. The van der Waals surface area contributed by atoms with Crippen molar-refractivity contribution >= 4 is 39.9 Å². The molecule has 1 fully saturated rings. The number of carbonyl (C=O) groups is 1. The Balaban J connectivity index is 1.45. The van der Waals surface area contributed by atoms with Gasteiger partial charge in [-0.2, -0.15) is 0 Å². The van der Waals surface area contributed by atoms with E-state index in [9.17, 15) is 4.79 Å². The van der Waals surface area contributed by atoms with E-state index in [1.807, 2.05) is 41.8 Å². The van der Waals surface area contributed by atoms with Crippen LogP contribution in [0.4, 0.5) is 0 Å². The molecular weight excluding hydrogens is 492 g/mol. The molecule has 1 aliphatic rings. The van der Waals surface area contributed by atoms with Crippen LogP contribution in [-0.2, 0) is 0 Å². The average Bonchev–Trinajstić information content (AvgIpc) is 3.48. The predicted molar refractivity (Wildman–Crippen MR) is 147 cm³/mol. The van der Waals surface area contributed by atoms with Gasteiger partial charge in [-0.25, -0.2) is 4.98 Å². The summed E-state index contributed by atoms with van der Waals surface area (Å²) in [6.45, 7) is 1.91. The maximum atomic E-state index is 12.3. The predicted octanol–water partition coefficient (Wildman–Crippen LogP) is 6.57. The lowest BCUT2D eigenvalue weighted by Crippen LogP contribution is -2.31. The first kappa shape index (κ1) is 24.8. The zero-order chi connectivity index (χ0) is 25.4. The molecule has 0 unspecified atom stereocenters. The minimum atomic E-state index is -0.518. The van der Waals surface area contributed by atoms with E-state index >= 15 is 0 Å². The molecule has 0 spiro atoms. The van der Waals surface area contributed by atoms with Crippen LogP contribution in [0.1, 0.15) is 65.4 Å². The van der Waals surface area contributed by atoms with Crippen molar-refractivity contribution in [1.82, 2.24) is 14.5 Å². The lowest BCUT2D eigenvalue weighted by Gasteiger charge is -2.32. The Bertz CT molecular complexity index is 1390. The molecule has 1 aliphatic carbocycles. The lowest BCUT2D eigenvalue weighted by atomic mass is 9.81. The van der Waals surface area contributed by atoms with E-state index in [1.165, 1.54) is 42.6 Å². The molecule has 2 aromatic carbocycles. The molecule has 8 heteroatoms. The Morgan fingerprint density at radius 3 is 2.61 bits per heavy atom. The molecule has 4 aromatic rings. The second-order valence-corrected chi connectivity index (χ2v) is 11.2. The summed E-state index contributed by atoms with van der Waals surface area (Å²) in [6, 6.07) is 16.6. The minimum Gasteiger partial charge on any atom is -0.484 e. The van der Waals surface area contributed by atoms with Crippen LogP contribution < -0.4 is 10.5 Å². The normalized spacial score (nSPS) is 19.0. The summed E-state index contributed by atoms with van der Waals surface area (Å²) in [7, 11) is 4.34. The van der Waals surface area contributed by atoms with Crippen LogP contribution in [0.15, 0.2) is 54.9 Å². The summed E-state index contributed by atoms with van der Waals surface area (Å²) < 4.78 is 8.22. The van der Waals surface area contributed by atoms with Crippen molar-refractivity contribution in [3.63, 3.8) is 0 Å². The van der Waals surface area contributed by atoms with Crippen LogP contribution >= 0.6 is 22.9 Å². The van der Waals surface area contributed by atoms with Gasteiger partial charge in [0.25, 0.3) is 5.91 Å². The van der Waals surface area contributed by atoms with Gasteiger partial charge in [0.05, 0.1) is 11.0 Å². The van der Waals surface area contributed by atoms with E-state index < -0.39 is 5.91 Å². The van der Waals surface area contributed by atoms with Gasteiger partial charge >= 0.3 is 0 Å². The van der Waals surface area contributed by atoms with E-state index in [0.717, 1.165) is 21.6 Å². The highest BCUT2D eigenvalue weighted by atomic mass is 35.5. The van der Waals surface area contributed by atoms with E-state index in [-0.39, 0.29) is 6.10 Å². The highest BCUT2D eigenvalue weighted by molar-refractivity contribution is 7.16. The molecule has 6 nitrogen and oxygen atoms in total. The van der Waals surface area contributed by atoms with Crippen LogP contribution in [0.5, 0.6) is 5.75 Å². The first-order chi connectivity index (χ1) is 17.3. The molecule has 0 aliphatic heterocycles. The lowest BCUT2D eigenvalue weighted by molar-refractivity contribution is 0.0998. The van der Waals surface area contributed by atoms with Gasteiger partial charge in [-0.15, -0.1) is 11.3 Å². The maximum absolute atomic E-state index is 12.3. The molecule has 2 N–H and O–H groups in total.